The summed E-state index contributed by atoms with van der Waals surface area (Å²) in [7, 11) is -2.94. The van der Waals surface area contributed by atoms with Crippen LogP contribution >= 0.6 is 0 Å². The van der Waals surface area contributed by atoms with Gasteiger partial charge in [0, 0.05) is 26.3 Å². The molecule has 0 unspecified atom stereocenters. The molecule has 64 heavy (non-hydrogen) atoms. The Hall–Kier alpha value is 0.0432. The van der Waals surface area contributed by atoms with Crippen LogP contribution in [-0.4, -0.2) is 64.9 Å². The monoisotopic (exact) mass is 1120 g/mol. The van der Waals surface area contributed by atoms with E-state index in [0.29, 0.717) is 41.2 Å². The molecule has 5 nitrogen and oxygen atoms in total. The number of rotatable bonds is 14. The van der Waals surface area contributed by atoms with E-state index < -0.39 is 34.2 Å². The molecule has 12 heteroatoms. The van der Waals surface area contributed by atoms with Gasteiger partial charge in [0.25, 0.3) is 5.92 Å². The third kappa shape index (κ3) is 60.1. The van der Waals surface area contributed by atoms with Gasteiger partial charge in [-0.25, -0.2) is 30.7 Å². The summed E-state index contributed by atoms with van der Waals surface area (Å²) >= 11 is 0. The third-order valence-electron chi connectivity index (χ3n) is 9.75. The summed E-state index contributed by atoms with van der Waals surface area (Å²) < 4.78 is 84.5. The first-order valence-corrected chi connectivity index (χ1v) is 24.6. The van der Waals surface area contributed by atoms with Crippen LogP contribution in [0.25, 0.3) is 0 Å². The fourth-order valence-corrected chi connectivity index (χ4v) is 5.00. The van der Waals surface area contributed by atoms with Crippen LogP contribution < -0.4 is 4.72 Å². The van der Waals surface area contributed by atoms with Gasteiger partial charge in [-0.3, -0.25) is 0 Å². The molecule has 0 aromatic carbocycles. The van der Waals surface area contributed by atoms with Crippen molar-refractivity contribution in [2.75, 3.05) is 0 Å². The van der Waals surface area contributed by atoms with E-state index in [-0.39, 0.29) is 63.1 Å². The van der Waals surface area contributed by atoms with E-state index in [4.69, 9.17) is 9.47 Å². The summed E-state index contributed by atoms with van der Waals surface area (Å²) in [5.74, 6) is -1.52. The van der Waals surface area contributed by atoms with Crippen molar-refractivity contribution in [1.29, 1.82) is 0 Å². The topological polar surface area (TPSA) is 64.6 Å². The molecule has 0 aromatic heterocycles. The molecule has 0 amide bonds. The summed E-state index contributed by atoms with van der Waals surface area (Å²) in [5, 5.41) is -0.0881. The second kappa shape index (κ2) is 45.5. The number of ether oxygens (including phenoxy) is 2. The SMILES string of the molecule is C.CC(C)(C)C(C)(C)C.CC(C)C(F)F.CC(C)C/C=C/C(F)(F)C(C)C.CC(C)NS(=O)(=O)C1CC1.CC(C)O[C@@H]1CCC[C@H]1OC(C)C.CCC(C)C.CCC(C)C.[B].[CH3-].[CH3-].[W+2]. The van der Waals surface area contributed by atoms with E-state index in [1.807, 2.05) is 27.7 Å². The molecule has 2 fully saturated rings. The van der Waals surface area contributed by atoms with Crippen LogP contribution in [0.1, 0.15) is 225 Å². The van der Waals surface area contributed by atoms with Crippen molar-refractivity contribution in [2.24, 2.45) is 40.4 Å². The van der Waals surface area contributed by atoms with Gasteiger partial charge in [0.05, 0.1) is 29.7 Å². The van der Waals surface area contributed by atoms with E-state index in [1.54, 1.807) is 6.08 Å². The normalized spacial score (nSPS) is 15.9. The smallest absolute Gasteiger partial charge is 0.373 e. The first kappa shape index (κ1) is 87.2. The zero-order valence-corrected chi connectivity index (χ0v) is 50.0. The first-order valence-electron chi connectivity index (χ1n) is 23.1. The van der Waals surface area contributed by atoms with Gasteiger partial charge in [-0.1, -0.05) is 151 Å². The molecule has 0 spiro atoms. The molecule has 2 aliphatic carbocycles. The van der Waals surface area contributed by atoms with Crippen LogP contribution in [0.5, 0.6) is 0 Å². The molecule has 0 bridgehead atoms. The van der Waals surface area contributed by atoms with E-state index >= 15 is 0 Å². The fraction of sp³-hybridized carbons (Fsp3) is 0.923. The van der Waals surface area contributed by atoms with E-state index in [0.717, 1.165) is 50.0 Å². The molecule has 2 saturated carbocycles. The summed E-state index contributed by atoms with van der Waals surface area (Å²) in [6.45, 7) is 49.0. The molecule has 2 aliphatic rings. The average molecular weight is 1120 g/mol. The standard InChI is InChI=1S/C11H22O2.C10H18F2.C8H18.C6H13NO2S.2C5H12.C4H8F2.CH4.2CH3.B.W/c1-8(2)12-10-6-5-7-11(10)13-9(3)4;1-8(2)6-5-7-10(11,12)9(3)4;1-7(2,3)8(4,5)6;1-5(2)7-10(8,9)6-3-4-6;2*1-4-5(2)3;1-3(2)4(5)6;;;;;/h8-11H,5-7H2,1-4H3;5,7-9H,6H2,1-4H3;1-6H3;5-7H,3-4H2,1-2H3;2*5H,4H2,1-3H3;3-4H,1-2H3;1H4;2*1H3;;/q;;;;;;;;2*-1;;+2/b;7-5+;;;;;;;;;;/t10-,11-;;;;;;;;;;;/m1.........../s1. The molecule has 0 saturated heterocycles. The van der Waals surface area contributed by atoms with Crippen LogP contribution in [0.3, 0.4) is 0 Å². The number of alkyl halides is 4. The molecule has 0 heterocycles. The van der Waals surface area contributed by atoms with Gasteiger partial charge >= 0.3 is 21.1 Å². The Morgan fingerprint density at radius 3 is 1.11 bits per heavy atom. The second-order valence-electron chi connectivity index (χ2n) is 20.9. The molecule has 1 N–H and O–H groups in total. The van der Waals surface area contributed by atoms with Crippen LogP contribution in [0.15, 0.2) is 12.2 Å². The van der Waals surface area contributed by atoms with Gasteiger partial charge in [-0.2, -0.15) is 0 Å². The van der Waals surface area contributed by atoms with Crippen molar-refractivity contribution in [3.63, 3.8) is 0 Å². The molecule has 0 aromatic rings. The number of allylic oxidation sites excluding steroid dienone is 2. The maximum atomic E-state index is 12.9. The number of hydrogen-bond acceptors (Lipinski definition) is 4. The molecular formula is C52H113BF4NO4SW. The zero-order chi connectivity index (χ0) is 48.1. The van der Waals surface area contributed by atoms with Crippen LogP contribution in [0.4, 0.5) is 17.6 Å². The van der Waals surface area contributed by atoms with Crippen molar-refractivity contribution < 1.29 is 56.5 Å². The summed E-state index contributed by atoms with van der Waals surface area (Å²) in [4.78, 5) is 0. The summed E-state index contributed by atoms with van der Waals surface area (Å²) in [5.41, 5.74) is 0.875. The molecule has 2 atom stereocenters. The largest absolute Gasteiger partial charge is 2.00 e. The van der Waals surface area contributed by atoms with Gasteiger partial charge in [0.1, 0.15) is 0 Å². The van der Waals surface area contributed by atoms with Crippen molar-refractivity contribution in [1.82, 2.24) is 4.72 Å². The number of sulfonamides is 1. The Morgan fingerprint density at radius 2 is 0.938 bits per heavy atom. The van der Waals surface area contributed by atoms with Crippen LogP contribution in [0.2, 0.25) is 0 Å². The van der Waals surface area contributed by atoms with Crippen LogP contribution in [-0.2, 0) is 40.6 Å². The third-order valence-corrected chi connectivity index (χ3v) is 11.9. The minimum Gasteiger partial charge on any atom is -0.373 e. The van der Waals surface area contributed by atoms with Gasteiger partial charge in [0.2, 0.25) is 16.4 Å². The number of hydrogen-bond donors (Lipinski definition) is 1. The first-order chi connectivity index (χ1) is 26.4. The van der Waals surface area contributed by atoms with Crippen molar-refractivity contribution in [2.45, 2.75) is 273 Å². The quantitative estimate of drug-likeness (QED) is 0.0815. The van der Waals surface area contributed by atoms with Crippen LogP contribution in [0, 0.1) is 55.3 Å². The molecular weight excluding hydrogens is 1010 g/mol. The molecule has 0 aliphatic heterocycles. The van der Waals surface area contributed by atoms with E-state index in [1.165, 1.54) is 47.0 Å². The van der Waals surface area contributed by atoms with E-state index in [9.17, 15) is 26.0 Å². The number of halogens is 4. The predicted molar refractivity (Wildman–Crippen MR) is 278 cm³/mol. The Balaban J connectivity index is -0.0000000674. The maximum absolute atomic E-state index is 12.9. The Morgan fingerprint density at radius 1 is 0.641 bits per heavy atom. The predicted octanol–water partition coefficient (Wildman–Crippen LogP) is 17.4. The average Bonchev–Trinajstić information content (AvgIpc) is 3.83. The molecule has 393 valence electrons. The van der Waals surface area contributed by atoms with Crippen molar-refractivity contribution >= 4 is 18.4 Å². The Kier molecular flexibility index (Phi) is 61.9. The second-order valence-corrected chi connectivity index (χ2v) is 22.9. The van der Waals surface area contributed by atoms with E-state index in [2.05, 4.69) is 116 Å². The van der Waals surface area contributed by atoms with Gasteiger partial charge in [-0.05, 0) is 115 Å². The van der Waals surface area contributed by atoms with Crippen molar-refractivity contribution in [3.05, 3.63) is 27.0 Å². The minimum atomic E-state index is -2.94. The Labute approximate surface area is 418 Å². The summed E-state index contributed by atoms with van der Waals surface area (Å²) in [6.07, 6.45) is 10.3. The molecule has 2 rings (SSSR count). The van der Waals surface area contributed by atoms with Gasteiger partial charge in [0.15, 0.2) is 0 Å². The van der Waals surface area contributed by atoms with Crippen molar-refractivity contribution in [3.8, 4) is 0 Å². The summed E-state index contributed by atoms with van der Waals surface area (Å²) in [6, 6.07) is 0.0330. The maximum Gasteiger partial charge on any atom is 2.00 e. The minimum absolute atomic E-state index is 0. The number of nitrogens with one attached hydrogen (secondary N) is 1. The fourth-order valence-electron chi connectivity index (χ4n) is 3.40. The zero-order valence-electron chi connectivity index (χ0n) is 46.3. The Bertz CT molecular complexity index is 1040. The van der Waals surface area contributed by atoms with Gasteiger partial charge < -0.3 is 24.3 Å². The van der Waals surface area contributed by atoms with Gasteiger partial charge in [-0.15, -0.1) is 0 Å². The molecule has 3 radical (unpaired) electrons.